The first kappa shape index (κ1) is 14.3. The van der Waals surface area contributed by atoms with Gasteiger partial charge in [-0.2, -0.15) is 4.99 Å². The summed E-state index contributed by atoms with van der Waals surface area (Å²) in [6.07, 6.45) is 0.233. The van der Waals surface area contributed by atoms with Gasteiger partial charge in [-0.3, -0.25) is 0 Å². The molecule has 5 heteroatoms. The number of hydrogen-bond donors (Lipinski definition) is 0. The monoisotopic (exact) mass is 297 g/mol. The number of benzene rings is 2. The summed E-state index contributed by atoms with van der Waals surface area (Å²) in [5.41, 5.74) is 0.122. The molecule has 0 saturated heterocycles. The van der Waals surface area contributed by atoms with E-state index in [0.29, 0.717) is 0 Å². The molecule has 3 rings (SSSR count). The van der Waals surface area contributed by atoms with Crippen molar-refractivity contribution in [3.63, 3.8) is 0 Å². The fourth-order valence-corrected chi connectivity index (χ4v) is 2.26. The Kier molecular flexibility index (Phi) is 3.89. The average molecular weight is 297 g/mol. The summed E-state index contributed by atoms with van der Waals surface area (Å²) in [6.45, 7) is 0. The molecule has 1 aliphatic heterocycles. The zero-order valence-corrected chi connectivity index (χ0v) is 12.1. The number of carbonyl (C=O) groups is 1. The average Bonchev–Trinajstić information content (AvgIpc) is 3.01. The topological polar surface area (TPSA) is 57.1 Å². The molecule has 0 bridgehead atoms. The number of hydrogen-bond acceptors (Lipinski definition) is 5. The first-order valence-electron chi connectivity index (χ1n) is 6.87. The predicted octanol–water partition coefficient (Wildman–Crippen LogP) is 2.51. The number of methoxy groups -OCH3 is 1. The Morgan fingerprint density at radius 1 is 1.09 bits per heavy atom. The molecule has 0 radical (unpaired) electrons. The van der Waals surface area contributed by atoms with E-state index >= 15 is 0 Å². The second-order valence-corrected chi connectivity index (χ2v) is 4.89. The van der Waals surface area contributed by atoms with Crippen LogP contribution in [0, 0.1) is 0 Å². The molecule has 0 spiro atoms. The SMILES string of the molecule is COC(=O)[C@]1(Cc2ccccc2)N=C(c2ccccc2)OO1. The molecule has 5 nitrogen and oxygen atoms in total. The lowest BCUT2D eigenvalue weighted by atomic mass is 10.0. The Bertz CT molecular complexity index is 684. The van der Waals surface area contributed by atoms with Gasteiger partial charge in [-0.25, -0.2) is 4.79 Å². The summed E-state index contributed by atoms with van der Waals surface area (Å²) in [6, 6.07) is 18.7. The summed E-state index contributed by atoms with van der Waals surface area (Å²) in [7, 11) is 1.30. The second-order valence-electron chi connectivity index (χ2n) is 4.89. The van der Waals surface area contributed by atoms with Crippen molar-refractivity contribution < 1.29 is 19.3 Å². The van der Waals surface area contributed by atoms with Crippen LogP contribution in [0.15, 0.2) is 65.7 Å². The molecule has 112 valence electrons. The molecule has 1 atom stereocenters. The number of ether oxygens (including phenoxy) is 1. The van der Waals surface area contributed by atoms with Gasteiger partial charge in [0.1, 0.15) is 0 Å². The smallest absolute Gasteiger partial charge is 0.366 e. The lowest BCUT2D eigenvalue weighted by molar-refractivity contribution is -0.278. The molecule has 0 aromatic heterocycles. The van der Waals surface area contributed by atoms with Crippen molar-refractivity contribution in [3.05, 3.63) is 71.8 Å². The third-order valence-corrected chi connectivity index (χ3v) is 3.35. The maximum Gasteiger partial charge on any atom is 0.366 e. The van der Waals surface area contributed by atoms with Crippen molar-refractivity contribution in [2.45, 2.75) is 12.1 Å². The van der Waals surface area contributed by atoms with Crippen LogP contribution >= 0.6 is 0 Å². The van der Waals surface area contributed by atoms with Gasteiger partial charge in [-0.1, -0.05) is 48.5 Å². The summed E-state index contributed by atoms with van der Waals surface area (Å²) < 4.78 is 4.84. The molecular weight excluding hydrogens is 282 g/mol. The van der Waals surface area contributed by atoms with E-state index in [2.05, 4.69) is 4.99 Å². The highest BCUT2D eigenvalue weighted by Gasteiger charge is 2.48. The first-order valence-corrected chi connectivity index (χ1v) is 6.87. The zero-order valence-electron chi connectivity index (χ0n) is 12.1. The minimum atomic E-state index is -1.51. The van der Waals surface area contributed by atoms with Crippen LogP contribution < -0.4 is 0 Å². The van der Waals surface area contributed by atoms with E-state index in [1.54, 1.807) is 0 Å². The molecule has 2 aromatic rings. The Morgan fingerprint density at radius 2 is 1.73 bits per heavy atom. The van der Waals surface area contributed by atoms with E-state index in [1.165, 1.54) is 7.11 Å². The van der Waals surface area contributed by atoms with Crippen molar-refractivity contribution in [2.75, 3.05) is 7.11 Å². The highest BCUT2D eigenvalue weighted by molar-refractivity contribution is 5.97. The van der Waals surface area contributed by atoms with Crippen LogP contribution in [0.25, 0.3) is 0 Å². The maximum atomic E-state index is 12.2. The largest absolute Gasteiger partial charge is 0.465 e. The van der Waals surface area contributed by atoms with Gasteiger partial charge in [0.2, 0.25) is 0 Å². The molecule has 0 amide bonds. The van der Waals surface area contributed by atoms with E-state index in [9.17, 15) is 4.79 Å². The number of nitrogens with zero attached hydrogens (tertiary/aromatic N) is 1. The summed E-state index contributed by atoms with van der Waals surface area (Å²) in [5.74, 6) is -0.329. The van der Waals surface area contributed by atoms with Crippen molar-refractivity contribution >= 4 is 11.9 Å². The molecule has 1 heterocycles. The van der Waals surface area contributed by atoms with Crippen molar-refractivity contribution in [1.82, 2.24) is 0 Å². The Balaban J connectivity index is 1.95. The molecule has 0 aliphatic carbocycles. The molecule has 0 fully saturated rings. The van der Waals surface area contributed by atoms with Crippen LogP contribution in [0.4, 0.5) is 0 Å². The fraction of sp³-hybridized carbons (Fsp3) is 0.176. The van der Waals surface area contributed by atoms with Gasteiger partial charge in [0, 0.05) is 12.0 Å². The van der Waals surface area contributed by atoms with E-state index in [-0.39, 0.29) is 12.3 Å². The van der Waals surface area contributed by atoms with Crippen LogP contribution in [0.3, 0.4) is 0 Å². The van der Waals surface area contributed by atoms with Gasteiger partial charge >= 0.3 is 11.7 Å². The quantitative estimate of drug-likeness (QED) is 0.642. The van der Waals surface area contributed by atoms with Gasteiger partial charge in [0.25, 0.3) is 5.90 Å². The molecule has 22 heavy (non-hydrogen) atoms. The van der Waals surface area contributed by atoms with Gasteiger partial charge in [-0.05, 0) is 17.7 Å². The number of esters is 1. The highest BCUT2D eigenvalue weighted by Crippen LogP contribution is 2.29. The Labute approximate surface area is 128 Å². The van der Waals surface area contributed by atoms with Crippen LogP contribution in [0.2, 0.25) is 0 Å². The molecule has 0 unspecified atom stereocenters. The minimum Gasteiger partial charge on any atom is -0.465 e. The second kappa shape index (κ2) is 5.99. The third kappa shape index (κ3) is 2.71. The third-order valence-electron chi connectivity index (χ3n) is 3.35. The van der Waals surface area contributed by atoms with Gasteiger partial charge in [0.15, 0.2) is 0 Å². The predicted molar refractivity (Wildman–Crippen MR) is 80.0 cm³/mol. The van der Waals surface area contributed by atoms with Crippen molar-refractivity contribution in [1.29, 1.82) is 0 Å². The number of rotatable bonds is 4. The van der Waals surface area contributed by atoms with Crippen molar-refractivity contribution in [2.24, 2.45) is 4.99 Å². The lowest BCUT2D eigenvalue weighted by Gasteiger charge is -2.19. The van der Waals surface area contributed by atoms with E-state index in [1.807, 2.05) is 60.7 Å². The Hall–Kier alpha value is -2.66. The van der Waals surface area contributed by atoms with Gasteiger partial charge in [-0.15, -0.1) is 4.89 Å². The zero-order chi connectivity index (χ0) is 15.4. The van der Waals surface area contributed by atoms with Gasteiger partial charge in [0.05, 0.1) is 7.11 Å². The van der Waals surface area contributed by atoms with Crippen LogP contribution in [0.5, 0.6) is 0 Å². The van der Waals surface area contributed by atoms with Crippen LogP contribution in [-0.4, -0.2) is 24.7 Å². The molecular formula is C17H15NO4. The molecule has 1 aliphatic rings. The molecule has 0 saturated carbocycles. The van der Waals surface area contributed by atoms with E-state index < -0.39 is 11.7 Å². The lowest BCUT2D eigenvalue weighted by Crippen LogP contribution is -2.40. The molecule has 2 aromatic carbocycles. The minimum absolute atomic E-state index is 0.233. The summed E-state index contributed by atoms with van der Waals surface area (Å²) in [4.78, 5) is 27.0. The fourth-order valence-electron chi connectivity index (χ4n) is 2.26. The van der Waals surface area contributed by atoms with E-state index in [0.717, 1.165) is 11.1 Å². The number of aliphatic imine (C=N–C) groups is 1. The standard InChI is InChI=1S/C17H15NO4/c1-20-16(19)17(12-13-8-4-2-5-9-13)18-15(21-22-17)14-10-6-3-7-11-14/h2-11H,12H2,1H3/t17-/m1/s1. The summed E-state index contributed by atoms with van der Waals surface area (Å²) >= 11 is 0. The van der Waals surface area contributed by atoms with E-state index in [4.69, 9.17) is 14.5 Å². The Morgan fingerprint density at radius 3 is 2.36 bits per heavy atom. The first-order chi connectivity index (χ1) is 10.7. The normalized spacial score (nSPS) is 20.1. The molecule has 0 N–H and O–H groups in total. The highest BCUT2D eigenvalue weighted by atomic mass is 17.2. The van der Waals surface area contributed by atoms with Crippen LogP contribution in [-0.2, 0) is 25.7 Å². The van der Waals surface area contributed by atoms with Crippen LogP contribution in [0.1, 0.15) is 11.1 Å². The van der Waals surface area contributed by atoms with Crippen molar-refractivity contribution in [3.8, 4) is 0 Å². The maximum absolute atomic E-state index is 12.2. The van der Waals surface area contributed by atoms with Gasteiger partial charge < -0.3 is 9.62 Å². The number of carbonyl (C=O) groups excluding carboxylic acids is 1. The summed E-state index contributed by atoms with van der Waals surface area (Å²) in [5, 5.41) is 0.